The molecule has 1 aromatic heterocycles. The van der Waals surface area contributed by atoms with Gasteiger partial charge in [-0.15, -0.1) is 11.3 Å². The van der Waals surface area contributed by atoms with Crippen LogP contribution in [0.15, 0.2) is 58.3 Å². The number of aromatic nitrogens is 1. The second-order valence-corrected chi connectivity index (χ2v) is 11.0. The maximum Gasteiger partial charge on any atom is 0.187 e. The Hall–Kier alpha value is -2.00. The summed E-state index contributed by atoms with van der Waals surface area (Å²) in [5, 5.41) is 1.69. The molecule has 9 heteroatoms. The summed E-state index contributed by atoms with van der Waals surface area (Å²) in [7, 11) is -3.92. The molecule has 0 bridgehead atoms. The highest BCUT2D eigenvalue weighted by molar-refractivity contribution is 7.90. The zero-order valence-electron chi connectivity index (χ0n) is 16.9. The van der Waals surface area contributed by atoms with Gasteiger partial charge in [0, 0.05) is 37.5 Å². The molecule has 4 rings (SSSR count). The van der Waals surface area contributed by atoms with Crippen molar-refractivity contribution in [1.29, 1.82) is 0 Å². The van der Waals surface area contributed by atoms with E-state index in [0.717, 1.165) is 31.6 Å². The van der Waals surface area contributed by atoms with E-state index in [1.165, 1.54) is 22.4 Å². The maximum absolute atomic E-state index is 14.8. The van der Waals surface area contributed by atoms with E-state index in [1.54, 1.807) is 5.38 Å². The molecule has 1 fully saturated rings. The molecular formula is C22H22ClFN2O3S2. The molecular weight excluding hydrogens is 459 g/mol. The largest absolute Gasteiger partial charge is 0.485 e. The first kappa shape index (κ1) is 22.2. The van der Waals surface area contributed by atoms with E-state index in [0.29, 0.717) is 12.2 Å². The fourth-order valence-electron chi connectivity index (χ4n) is 3.76. The second kappa shape index (κ2) is 8.86. The SMILES string of the molecule is CC1(Oc2cc(F)c(S(=O)(=O)Cc3cscn3)cc2Cl)CCN(Cc2ccccc2)C1. The molecule has 0 radical (unpaired) electrons. The van der Waals surface area contributed by atoms with Crippen LogP contribution in [-0.2, 0) is 22.1 Å². The number of rotatable bonds is 7. The van der Waals surface area contributed by atoms with E-state index in [-0.39, 0.29) is 16.5 Å². The van der Waals surface area contributed by atoms with Crippen molar-refractivity contribution < 1.29 is 17.5 Å². The van der Waals surface area contributed by atoms with Crippen LogP contribution in [0.3, 0.4) is 0 Å². The van der Waals surface area contributed by atoms with Crippen LogP contribution in [0, 0.1) is 5.82 Å². The van der Waals surface area contributed by atoms with Gasteiger partial charge < -0.3 is 4.74 Å². The molecule has 0 N–H and O–H groups in total. The van der Waals surface area contributed by atoms with E-state index in [1.807, 2.05) is 25.1 Å². The molecule has 31 heavy (non-hydrogen) atoms. The highest BCUT2D eigenvalue weighted by Crippen LogP contribution is 2.36. The summed E-state index contributed by atoms with van der Waals surface area (Å²) in [6.07, 6.45) is 0.752. The Balaban J connectivity index is 1.48. The van der Waals surface area contributed by atoms with Gasteiger partial charge in [-0.3, -0.25) is 4.90 Å². The lowest BCUT2D eigenvalue weighted by molar-refractivity contribution is 0.0946. The van der Waals surface area contributed by atoms with Gasteiger partial charge in [-0.1, -0.05) is 41.9 Å². The van der Waals surface area contributed by atoms with Gasteiger partial charge in [-0.25, -0.2) is 17.8 Å². The average Bonchev–Trinajstić information content (AvgIpc) is 3.34. The molecule has 5 nitrogen and oxygen atoms in total. The van der Waals surface area contributed by atoms with E-state index in [9.17, 15) is 12.8 Å². The lowest BCUT2D eigenvalue weighted by Crippen LogP contribution is -2.36. The third-order valence-corrected chi connectivity index (χ3v) is 7.85. The number of thiazole rings is 1. The second-order valence-electron chi connectivity index (χ2n) is 7.95. The molecule has 164 valence electrons. The summed E-state index contributed by atoms with van der Waals surface area (Å²) in [5.74, 6) is -1.11. The molecule has 0 spiro atoms. The first-order chi connectivity index (χ1) is 14.7. The van der Waals surface area contributed by atoms with Crippen LogP contribution in [0.1, 0.15) is 24.6 Å². The van der Waals surface area contributed by atoms with Gasteiger partial charge in [0.15, 0.2) is 9.84 Å². The molecule has 1 atom stereocenters. The van der Waals surface area contributed by atoms with Gasteiger partial charge in [0.25, 0.3) is 0 Å². The fraction of sp³-hybridized carbons (Fsp3) is 0.318. The van der Waals surface area contributed by atoms with Crippen molar-refractivity contribution >= 4 is 32.8 Å². The third kappa shape index (κ3) is 5.26. The minimum absolute atomic E-state index is 0.0704. The lowest BCUT2D eigenvalue weighted by Gasteiger charge is -2.27. The number of ether oxygens (including phenoxy) is 1. The van der Waals surface area contributed by atoms with E-state index >= 15 is 0 Å². The number of benzene rings is 2. The van der Waals surface area contributed by atoms with Crippen LogP contribution < -0.4 is 4.74 Å². The fourth-order valence-corrected chi connectivity index (χ4v) is 6.05. The van der Waals surface area contributed by atoms with Gasteiger partial charge in [-0.05, 0) is 18.6 Å². The molecule has 1 unspecified atom stereocenters. The first-order valence-corrected chi connectivity index (χ1v) is 12.8. The van der Waals surface area contributed by atoms with Crippen LogP contribution >= 0.6 is 22.9 Å². The van der Waals surface area contributed by atoms with E-state index < -0.39 is 26.2 Å². The molecule has 1 aliphatic heterocycles. The summed E-state index contributed by atoms with van der Waals surface area (Å²) in [6.45, 7) is 4.25. The Labute approximate surface area is 190 Å². The van der Waals surface area contributed by atoms with Gasteiger partial charge in [0.1, 0.15) is 22.1 Å². The first-order valence-electron chi connectivity index (χ1n) is 9.78. The molecule has 2 aromatic carbocycles. The number of likely N-dealkylation sites (tertiary alicyclic amines) is 1. The number of sulfone groups is 1. The maximum atomic E-state index is 14.8. The number of nitrogens with zero attached hydrogens (tertiary/aromatic N) is 2. The van der Waals surface area contributed by atoms with Crippen LogP contribution in [0.4, 0.5) is 4.39 Å². The highest BCUT2D eigenvalue weighted by atomic mass is 35.5. The van der Waals surface area contributed by atoms with Crippen molar-refractivity contribution in [2.75, 3.05) is 13.1 Å². The van der Waals surface area contributed by atoms with Crippen LogP contribution in [-0.4, -0.2) is 37.0 Å². The summed E-state index contributed by atoms with van der Waals surface area (Å²) < 4.78 is 46.1. The highest BCUT2D eigenvalue weighted by Gasteiger charge is 2.36. The predicted octanol–water partition coefficient (Wildman–Crippen LogP) is 4.95. The lowest BCUT2D eigenvalue weighted by atomic mass is 10.1. The smallest absolute Gasteiger partial charge is 0.187 e. The average molecular weight is 481 g/mol. The molecule has 0 saturated carbocycles. The van der Waals surface area contributed by atoms with Gasteiger partial charge in [0.2, 0.25) is 0 Å². The van der Waals surface area contributed by atoms with Crippen molar-refractivity contribution in [1.82, 2.24) is 9.88 Å². The molecule has 2 heterocycles. The molecule has 1 aliphatic rings. The summed E-state index contributed by atoms with van der Waals surface area (Å²) in [6, 6.07) is 12.4. The van der Waals surface area contributed by atoms with Crippen molar-refractivity contribution in [3.05, 3.63) is 75.5 Å². The normalized spacial score (nSPS) is 19.6. The zero-order chi connectivity index (χ0) is 22.1. The Morgan fingerprint density at radius 3 is 2.77 bits per heavy atom. The minimum Gasteiger partial charge on any atom is -0.485 e. The summed E-state index contributed by atoms with van der Waals surface area (Å²) >= 11 is 7.60. The van der Waals surface area contributed by atoms with Crippen LogP contribution in [0.2, 0.25) is 5.02 Å². The summed E-state index contributed by atoms with van der Waals surface area (Å²) in [5.41, 5.74) is 2.57. The molecule has 3 aromatic rings. The van der Waals surface area contributed by atoms with E-state index in [4.69, 9.17) is 16.3 Å². The third-order valence-electron chi connectivity index (χ3n) is 5.26. The predicted molar refractivity (Wildman–Crippen MR) is 120 cm³/mol. The topological polar surface area (TPSA) is 59.5 Å². The Kier molecular flexibility index (Phi) is 6.35. The molecule has 0 amide bonds. The van der Waals surface area contributed by atoms with Gasteiger partial charge in [0.05, 0.1) is 22.0 Å². The minimum atomic E-state index is -3.92. The van der Waals surface area contributed by atoms with Crippen molar-refractivity contribution in [3.63, 3.8) is 0 Å². The number of hydrogen-bond donors (Lipinski definition) is 0. The number of halogens is 2. The van der Waals surface area contributed by atoms with Crippen LogP contribution in [0.5, 0.6) is 5.75 Å². The van der Waals surface area contributed by atoms with Crippen molar-refractivity contribution in [3.8, 4) is 5.75 Å². The van der Waals surface area contributed by atoms with Crippen molar-refractivity contribution in [2.24, 2.45) is 0 Å². The molecule has 1 saturated heterocycles. The standard InChI is InChI=1S/C22H22ClFN2O3S2/c1-22(7-8-26(14-22)11-16-5-3-2-4-6-16)29-20-10-19(24)21(9-18(20)23)31(27,28)13-17-12-30-15-25-17/h2-6,9-10,12,15H,7-8,11,13-14H2,1H3. The molecule has 0 aliphatic carbocycles. The number of hydrogen-bond acceptors (Lipinski definition) is 6. The quantitative estimate of drug-likeness (QED) is 0.478. The monoisotopic (exact) mass is 480 g/mol. The Morgan fingerprint density at radius 1 is 1.29 bits per heavy atom. The Bertz CT molecular complexity index is 1160. The zero-order valence-corrected chi connectivity index (χ0v) is 19.3. The van der Waals surface area contributed by atoms with Gasteiger partial charge >= 0.3 is 0 Å². The van der Waals surface area contributed by atoms with Crippen molar-refractivity contribution in [2.45, 2.75) is 36.1 Å². The Morgan fingerprint density at radius 2 is 2.06 bits per heavy atom. The van der Waals surface area contributed by atoms with E-state index in [2.05, 4.69) is 22.0 Å². The van der Waals surface area contributed by atoms with Crippen LogP contribution in [0.25, 0.3) is 0 Å². The summed E-state index contributed by atoms with van der Waals surface area (Å²) in [4.78, 5) is 5.79. The van der Waals surface area contributed by atoms with Gasteiger partial charge in [-0.2, -0.15) is 0 Å².